The molecule has 1 aliphatic rings. The van der Waals surface area contributed by atoms with Crippen LogP contribution < -0.4 is 10.5 Å². The Hall–Kier alpha value is -3.53. The molecule has 1 atom stereocenters. The highest BCUT2D eigenvalue weighted by Gasteiger charge is 2.38. The van der Waals surface area contributed by atoms with Crippen LogP contribution >= 0.6 is 0 Å². The number of ether oxygens (including phenoxy) is 1. The number of nitrogens with zero attached hydrogens (tertiary/aromatic N) is 4. The molecule has 0 saturated carbocycles. The summed E-state index contributed by atoms with van der Waals surface area (Å²) in [5.74, 6) is 1.19. The predicted molar refractivity (Wildman–Crippen MR) is 105 cm³/mol. The maximum atomic E-state index is 9.78. The number of nitrogens with one attached hydrogen (secondary N) is 1. The second kappa shape index (κ2) is 6.27. The number of fused-ring (bicyclic) bond motifs is 1. The van der Waals surface area contributed by atoms with Crippen LogP contribution in [0.15, 0.2) is 48.1 Å². The van der Waals surface area contributed by atoms with Gasteiger partial charge in [0.1, 0.15) is 17.5 Å². The molecule has 28 heavy (non-hydrogen) atoms. The maximum Gasteiger partial charge on any atom is 0.221 e. The molecular formula is C21H22N6O. The van der Waals surface area contributed by atoms with Crippen molar-refractivity contribution >= 4 is 0 Å². The van der Waals surface area contributed by atoms with Gasteiger partial charge in [-0.15, -0.1) is 0 Å². The van der Waals surface area contributed by atoms with E-state index in [-0.39, 0.29) is 17.2 Å². The van der Waals surface area contributed by atoms with Gasteiger partial charge in [0.2, 0.25) is 11.8 Å². The average Bonchev–Trinajstić information content (AvgIpc) is 3.26. The van der Waals surface area contributed by atoms with Gasteiger partial charge in [-0.1, -0.05) is 32.9 Å². The second-order valence-corrected chi connectivity index (χ2v) is 7.93. The third-order valence-electron chi connectivity index (χ3n) is 4.99. The van der Waals surface area contributed by atoms with E-state index in [1.54, 1.807) is 6.20 Å². The van der Waals surface area contributed by atoms with Crippen LogP contribution in [0, 0.1) is 18.3 Å². The second-order valence-electron chi connectivity index (χ2n) is 7.93. The van der Waals surface area contributed by atoms with Crippen molar-refractivity contribution in [3.05, 3.63) is 70.8 Å². The van der Waals surface area contributed by atoms with E-state index >= 15 is 0 Å². The minimum Gasteiger partial charge on any atom is -0.422 e. The van der Waals surface area contributed by atoms with E-state index in [1.165, 1.54) is 0 Å². The molecule has 0 radical (unpaired) electrons. The highest BCUT2D eigenvalue weighted by atomic mass is 16.5. The first-order valence-electron chi connectivity index (χ1n) is 9.08. The summed E-state index contributed by atoms with van der Waals surface area (Å²) < 4.78 is 7.67. The molecule has 7 heteroatoms. The van der Waals surface area contributed by atoms with Crippen molar-refractivity contribution in [2.24, 2.45) is 5.73 Å². The van der Waals surface area contributed by atoms with Crippen LogP contribution in [0.1, 0.15) is 49.3 Å². The van der Waals surface area contributed by atoms with E-state index in [1.807, 2.05) is 42.0 Å². The van der Waals surface area contributed by atoms with Gasteiger partial charge in [0, 0.05) is 23.5 Å². The van der Waals surface area contributed by atoms with Crippen LogP contribution in [0.2, 0.25) is 0 Å². The molecule has 1 aromatic carbocycles. The van der Waals surface area contributed by atoms with Gasteiger partial charge in [-0.3, -0.25) is 0 Å². The molecule has 1 unspecified atom stereocenters. The first-order valence-corrected chi connectivity index (χ1v) is 9.08. The lowest BCUT2D eigenvalue weighted by Crippen LogP contribution is -2.23. The summed E-state index contributed by atoms with van der Waals surface area (Å²) >= 11 is 0. The summed E-state index contributed by atoms with van der Waals surface area (Å²) in [7, 11) is 0. The summed E-state index contributed by atoms with van der Waals surface area (Å²) in [5.41, 5.74) is 9.92. The fraction of sp³-hybridized carbons (Fsp3) is 0.286. The fourth-order valence-corrected chi connectivity index (χ4v) is 3.63. The monoisotopic (exact) mass is 374 g/mol. The van der Waals surface area contributed by atoms with Gasteiger partial charge in [0.15, 0.2) is 0 Å². The Kier molecular flexibility index (Phi) is 4.00. The molecule has 1 aliphatic heterocycles. The van der Waals surface area contributed by atoms with Gasteiger partial charge >= 0.3 is 0 Å². The predicted octanol–water partition coefficient (Wildman–Crippen LogP) is 3.42. The summed E-state index contributed by atoms with van der Waals surface area (Å²) in [6, 6.07) is 10.3. The van der Waals surface area contributed by atoms with Crippen LogP contribution in [0.3, 0.4) is 0 Å². The Morgan fingerprint density at radius 3 is 2.54 bits per heavy atom. The summed E-state index contributed by atoms with van der Waals surface area (Å²) in [5, 5.41) is 17.2. The zero-order valence-corrected chi connectivity index (χ0v) is 16.3. The van der Waals surface area contributed by atoms with E-state index < -0.39 is 0 Å². The van der Waals surface area contributed by atoms with Crippen molar-refractivity contribution in [1.82, 2.24) is 19.7 Å². The normalized spacial score (nSPS) is 16.5. The molecule has 142 valence electrons. The molecule has 3 aromatic rings. The van der Waals surface area contributed by atoms with Crippen LogP contribution in [-0.2, 0) is 5.41 Å². The molecule has 3 heterocycles. The zero-order chi connectivity index (χ0) is 20.1. The molecule has 7 nitrogen and oxygen atoms in total. The molecule has 2 aromatic heterocycles. The van der Waals surface area contributed by atoms with Gasteiger partial charge in [0.05, 0.1) is 17.2 Å². The number of aromatic amines is 1. The summed E-state index contributed by atoms with van der Waals surface area (Å²) in [6.07, 6.45) is 3.69. The minimum absolute atomic E-state index is 0.110. The number of aromatic nitrogens is 4. The van der Waals surface area contributed by atoms with Gasteiger partial charge < -0.3 is 15.0 Å². The van der Waals surface area contributed by atoms with E-state index in [9.17, 15) is 5.26 Å². The lowest BCUT2D eigenvalue weighted by atomic mass is 9.79. The third kappa shape index (κ3) is 2.74. The molecule has 0 fully saturated rings. The smallest absolute Gasteiger partial charge is 0.221 e. The van der Waals surface area contributed by atoms with E-state index in [2.05, 4.69) is 42.0 Å². The SMILES string of the molecule is Cc1nccn1-c1ccc(C2C(C#N)=C(N)Oc3[nH]nc(C(C)(C)C)c32)cc1. The van der Waals surface area contributed by atoms with Crippen molar-refractivity contribution in [2.45, 2.75) is 39.0 Å². The van der Waals surface area contributed by atoms with Crippen molar-refractivity contribution in [1.29, 1.82) is 5.26 Å². The lowest BCUT2D eigenvalue weighted by Gasteiger charge is -2.27. The van der Waals surface area contributed by atoms with Gasteiger partial charge in [0.25, 0.3) is 0 Å². The Morgan fingerprint density at radius 2 is 1.96 bits per heavy atom. The number of nitrogens with two attached hydrogens (primary N) is 1. The number of rotatable bonds is 2. The lowest BCUT2D eigenvalue weighted by molar-refractivity contribution is 0.378. The van der Waals surface area contributed by atoms with E-state index in [0.717, 1.165) is 28.3 Å². The van der Waals surface area contributed by atoms with Crippen molar-refractivity contribution < 1.29 is 4.74 Å². The van der Waals surface area contributed by atoms with E-state index in [4.69, 9.17) is 10.5 Å². The molecule has 3 N–H and O–H groups in total. The molecule has 0 saturated heterocycles. The number of imidazole rings is 1. The van der Waals surface area contributed by atoms with Gasteiger partial charge in [-0.25, -0.2) is 10.1 Å². The Bertz CT molecular complexity index is 1110. The Balaban J connectivity index is 1.86. The number of H-pyrrole nitrogens is 1. The number of hydrogen-bond donors (Lipinski definition) is 2. The highest BCUT2D eigenvalue weighted by Crippen LogP contribution is 2.45. The largest absolute Gasteiger partial charge is 0.422 e. The first kappa shape index (κ1) is 17.9. The highest BCUT2D eigenvalue weighted by molar-refractivity contribution is 5.57. The number of aryl methyl sites for hydroxylation is 1. The van der Waals surface area contributed by atoms with Crippen molar-refractivity contribution in [2.75, 3.05) is 0 Å². The number of hydrogen-bond acceptors (Lipinski definition) is 5. The number of benzene rings is 1. The van der Waals surface area contributed by atoms with Crippen LogP contribution in [-0.4, -0.2) is 19.7 Å². The average molecular weight is 374 g/mol. The van der Waals surface area contributed by atoms with Crippen molar-refractivity contribution in [3.63, 3.8) is 0 Å². The number of nitriles is 1. The first-order chi connectivity index (χ1) is 13.3. The molecular weight excluding hydrogens is 352 g/mol. The quantitative estimate of drug-likeness (QED) is 0.715. The van der Waals surface area contributed by atoms with Crippen molar-refractivity contribution in [3.8, 4) is 17.6 Å². The third-order valence-corrected chi connectivity index (χ3v) is 4.99. The summed E-state index contributed by atoms with van der Waals surface area (Å²) in [6.45, 7) is 8.20. The number of allylic oxidation sites excluding steroid dienone is 1. The minimum atomic E-state index is -0.334. The molecule has 4 rings (SSSR count). The van der Waals surface area contributed by atoms with Crippen LogP contribution in [0.4, 0.5) is 0 Å². The standard InChI is InChI=1S/C21H22N6O/c1-12-24-9-10-27(12)14-7-5-13(6-8-14)16-15(11-22)19(23)28-20-17(16)18(25-26-20)21(2,3)4/h5-10,16H,23H2,1-4H3,(H,25,26). The maximum absolute atomic E-state index is 9.78. The van der Waals surface area contributed by atoms with Crippen LogP contribution in [0.5, 0.6) is 5.88 Å². The van der Waals surface area contributed by atoms with Crippen LogP contribution in [0.25, 0.3) is 5.69 Å². The molecule has 0 aliphatic carbocycles. The topological polar surface area (TPSA) is 106 Å². The molecule has 0 spiro atoms. The van der Waals surface area contributed by atoms with E-state index in [0.29, 0.717) is 11.5 Å². The fourth-order valence-electron chi connectivity index (χ4n) is 3.63. The zero-order valence-electron chi connectivity index (χ0n) is 16.3. The van der Waals surface area contributed by atoms with Gasteiger partial charge in [-0.2, -0.15) is 10.4 Å². The molecule has 0 bridgehead atoms. The Labute approximate surface area is 163 Å². The van der Waals surface area contributed by atoms with Gasteiger partial charge in [-0.05, 0) is 24.6 Å². The molecule has 0 amide bonds. The Morgan fingerprint density at radius 1 is 1.25 bits per heavy atom. The summed E-state index contributed by atoms with van der Waals surface area (Å²) in [4.78, 5) is 4.27.